The zero-order chi connectivity index (χ0) is 67.5. The van der Waals surface area contributed by atoms with Gasteiger partial charge in [0.05, 0.1) is 33.8 Å². The second-order valence-electron chi connectivity index (χ2n) is 28.6. The van der Waals surface area contributed by atoms with Crippen LogP contribution in [0, 0.1) is 83.1 Å². The second-order valence-corrected chi connectivity index (χ2v) is 28.6. The van der Waals surface area contributed by atoms with E-state index in [9.17, 15) is 0 Å². The quantitative estimate of drug-likeness (QED) is 0.0992. The van der Waals surface area contributed by atoms with E-state index in [1.54, 1.807) is 0 Å². The molecule has 0 saturated carbocycles. The molecule has 9 heteroatoms. The van der Waals surface area contributed by atoms with E-state index in [-0.39, 0.29) is 0 Å². The molecule has 0 radical (unpaired) electrons. The minimum absolute atomic E-state index is 0.552. The first-order chi connectivity index (χ1) is 47.2. The summed E-state index contributed by atoms with van der Waals surface area (Å²) in [5.74, 6) is 1.58. The molecule has 11 heterocycles. The summed E-state index contributed by atoms with van der Waals surface area (Å²) in [5, 5.41) is 0. The Morgan fingerprint density at radius 1 is 0.255 bits per heavy atom. The van der Waals surface area contributed by atoms with Gasteiger partial charge in [-0.15, -0.1) is 0 Å². The van der Waals surface area contributed by atoms with Crippen molar-refractivity contribution in [1.82, 2.24) is 39.9 Å². The summed E-state index contributed by atoms with van der Waals surface area (Å²) in [5.41, 5.74) is 44.0. The van der Waals surface area contributed by atoms with Crippen LogP contribution in [0.4, 0.5) is 0 Å². The van der Waals surface area contributed by atoms with E-state index in [4.69, 9.17) is 14.7 Å². The minimum Gasteiger partial charge on any atom is -0.455 e. The second kappa shape index (κ2) is 22.3. The van der Waals surface area contributed by atoms with Gasteiger partial charge in [0.15, 0.2) is 0 Å². The Hall–Kier alpha value is -11.4. The van der Waals surface area contributed by atoms with Crippen molar-refractivity contribution in [2.75, 3.05) is 0 Å². The maximum atomic E-state index is 7.99. The van der Waals surface area contributed by atoms with Gasteiger partial charge in [-0.3, -0.25) is 0 Å². The highest BCUT2D eigenvalue weighted by atomic mass is 16.5. The lowest BCUT2D eigenvalue weighted by molar-refractivity contribution is 0.421. The van der Waals surface area contributed by atoms with Crippen molar-refractivity contribution in [3.05, 3.63) is 258 Å². The van der Waals surface area contributed by atoms with Crippen molar-refractivity contribution in [1.29, 1.82) is 0 Å². The Morgan fingerprint density at radius 3 is 0.786 bits per heavy atom. The molecule has 0 unspecified atom stereocenters. The molecule has 0 saturated heterocycles. The third-order valence-corrected chi connectivity index (χ3v) is 21.0. The highest BCUT2D eigenvalue weighted by Gasteiger charge is 2.38. The normalized spacial score (nSPS) is 13.1. The van der Waals surface area contributed by atoms with Crippen molar-refractivity contribution in [2.45, 2.75) is 102 Å². The molecular weight excluding hydrogens is 1200 g/mol. The fourth-order valence-corrected chi connectivity index (χ4v) is 17.1. The van der Waals surface area contributed by atoms with Gasteiger partial charge in [0.2, 0.25) is 0 Å². The average molecular weight is 1280 g/mol. The summed E-state index contributed by atoms with van der Waals surface area (Å²) in [6.07, 6.45) is 8.66. The molecule has 6 N–H and O–H groups in total. The van der Waals surface area contributed by atoms with Crippen LogP contribution in [0.2, 0.25) is 0 Å². The first-order valence-corrected chi connectivity index (χ1v) is 34.2. The molecule has 0 aliphatic carbocycles. The number of fused-ring (bicyclic) bond motifs is 20. The zero-order valence-corrected chi connectivity index (χ0v) is 58.1. The summed E-state index contributed by atoms with van der Waals surface area (Å²) < 4.78 is 7.99. The molecule has 98 heavy (non-hydrogen) atoms. The molecule has 3 aliphatic rings. The molecule has 17 rings (SSSR count). The first kappa shape index (κ1) is 60.3. The summed E-state index contributed by atoms with van der Waals surface area (Å²) in [6.45, 7) is 31.2. The smallest absolute Gasteiger partial charge is 0.139 e. The number of H-pyrrole nitrogens is 6. The van der Waals surface area contributed by atoms with E-state index in [0.29, 0.717) is 0 Å². The van der Waals surface area contributed by atoms with Gasteiger partial charge >= 0.3 is 0 Å². The number of benzene rings is 6. The van der Waals surface area contributed by atoms with Crippen LogP contribution in [0.25, 0.3) is 157 Å². The molecule has 480 valence electrons. The Labute approximate surface area is 570 Å². The Balaban J connectivity index is 0.967. The van der Waals surface area contributed by atoms with Gasteiger partial charge in [-0.25, -0.2) is 9.97 Å². The lowest BCUT2D eigenvalue weighted by Gasteiger charge is -2.36. The molecule has 0 fully saturated rings. The Bertz CT molecular complexity index is 5680. The van der Waals surface area contributed by atoms with Crippen molar-refractivity contribution >= 4 is 90.5 Å². The van der Waals surface area contributed by atoms with Crippen LogP contribution in [0.15, 0.2) is 158 Å². The van der Waals surface area contributed by atoms with Gasteiger partial charge in [0.25, 0.3) is 0 Å². The van der Waals surface area contributed by atoms with E-state index < -0.39 is 5.41 Å². The van der Waals surface area contributed by atoms with Crippen molar-refractivity contribution in [3.8, 4) is 78.3 Å². The number of aromatic amines is 6. The predicted molar refractivity (Wildman–Crippen MR) is 412 cm³/mol. The summed E-state index contributed by atoms with van der Waals surface area (Å²) in [4.78, 5) is 35.2. The van der Waals surface area contributed by atoms with Crippen LogP contribution in [0.3, 0.4) is 0 Å². The number of nitrogens with zero attached hydrogens (tertiary/aromatic N) is 2. The molecule has 8 aromatic heterocycles. The van der Waals surface area contributed by atoms with Gasteiger partial charge in [0.1, 0.15) is 11.5 Å². The largest absolute Gasteiger partial charge is 0.455 e. The van der Waals surface area contributed by atoms with E-state index in [1.165, 1.54) is 77.9 Å². The van der Waals surface area contributed by atoms with Gasteiger partial charge in [-0.2, -0.15) is 0 Å². The molecule has 16 bridgehead atoms. The third kappa shape index (κ3) is 9.56. The van der Waals surface area contributed by atoms with Gasteiger partial charge in [0, 0.05) is 116 Å². The maximum absolute atomic E-state index is 7.99. The van der Waals surface area contributed by atoms with Gasteiger partial charge in [-0.05, 0) is 247 Å². The number of nitrogens with one attached hydrogen (secondary N) is 6. The third-order valence-electron chi connectivity index (χ3n) is 21.0. The molecular formula is C89H78N8O. The van der Waals surface area contributed by atoms with Crippen LogP contribution >= 0.6 is 0 Å². The summed E-state index contributed by atoms with van der Waals surface area (Å²) in [7, 11) is 0. The SMILES string of the molecule is Cc1cc(C)c(-c2c3nc(c4ccc([nH]4)c(-c4c(C)cc(C)cc4C)c4ccc([nH]4)c(-c4cccc5c4Oc4c(-c6c7ccc([nH]7)c(-c7c(C)cc(C)cc7C)c7nc(c8ccc([nH]8)c(-c8c(C)cc(C)cc8C)c8ccc6[nH]8)C=C7)cccc4C5(C)C)c4ccc2[nH]4)C=C3)c(C)c1. The topological polar surface area (TPSA) is 130 Å². The number of hydrogen-bond donors (Lipinski definition) is 6. The van der Waals surface area contributed by atoms with Crippen LogP contribution in [-0.4, -0.2) is 39.9 Å². The summed E-state index contributed by atoms with van der Waals surface area (Å²) >= 11 is 0. The number of ether oxygens (including phenoxy) is 1. The number of para-hydroxylation sites is 2. The standard InChI is InChI=1S/C89H78N8O/c1-45-37-49(5)77(50(6)38-45)83-69-25-21-61(90-69)62-22-26-70(91-62)84(78-51(7)39-46(2)40-52(78)8)74-34-30-66(95-74)81(65-29-33-73(83)94-65)57-17-15-19-59-87(57)98-88-58(18-16-20-60(88)89(59,13)14)82-67-31-35-75(96-67)85(79-53(9)41-47(3)42-54(79)10)71-27-23-63(92-71)64-24-28-72(93-64)86(76-36-32-68(82)97-76)80-55(11)43-48(4)44-56(80)12/h15-44,90,92,94-97H,1-14H3. The number of aromatic nitrogens is 8. The van der Waals surface area contributed by atoms with E-state index >= 15 is 0 Å². The fraction of sp³-hybridized carbons (Fsp3) is 0.169. The predicted octanol–water partition coefficient (Wildman–Crippen LogP) is 23.8. The maximum Gasteiger partial charge on any atom is 0.139 e. The molecule has 3 aliphatic heterocycles. The molecule has 0 spiro atoms. The summed E-state index contributed by atoms with van der Waals surface area (Å²) in [6, 6.07) is 58.5. The fourth-order valence-electron chi connectivity index (χ4n) is 17.1. The number of rotatable bonds is 6. The van der Waals surface area contributed by atoms with E-state index in [2.05, 4.69) is 309 Å². The van der Waals surface area contributed by atoms with E-state index in [0.717, 1.165) is 167 Å². The minimum atomic E-state index is -0.552. The Kier molecular flexibility index (Phi) is 13.7. The van der Waals surface area contributed by atoms with Crippen LogP contribution < -0.4 is 4.74 Å². The monoisotopic (exact) mass is 1270 g/mol. The number of hydrogen-bond acceptors (Lipinski definition) is 3. The molecule has 0 atom stereocenters. The highest BCUT2D eigenvalue weighted by Crippen LogP contribution is 2.56. The van der Waals surface area contributed by atoms with E-state index in [1.807, 2.05) is 0 Å². The molecule has 14 aromatic rings. The Morgan fingerprint density at radius 2 is 0.490 bits per heavy atom. The average Bonchev–Trinajstić information content (AvgIpc) is 0.991. The lowest BCUT2D eigenvalue weighted by Crippen LogP contribution is -2.25. The van der Waals surface area contributed by atoms with Gasteiger partial charge in [-0.1, -0.05) is 121 Å². The van der Waals surface area contributed by atoms with Crippen molar-refractivity contribution in [2.24, 2.45) is 0 Å². The lowest BCUT2D eigenvalue weighted by atomic mass is 9.74. The highest BCUT2D eigenvalue weighted by molar-refractivity contribution is 6.06. The van der Waals surface area contributed by atoms with Crippen molar-refractivity contribution < 1.29 is 4.74 Å². The molecule has 0 amide bonds. The first-order valence-electron chi connectivity index (χ1n) is 34.2. The zero-order valence-electron chi connectivity index (χ0n) is 58.1. The van der Waals surface area contributed by atoms with Crippen LogP contribution in [0.1, 0.15) is 115 Å². The van der Waals surface area contributed by atoms with Crippen molar-refractivity contribution in [3.63, 3.8) is 0 Å². The number of aryl methyl sites for hydroxylation is 12. The molecule has 9 nitrogen and oxygen atoms in total. The van der Waals surface area contributed by atoms with Gasteiger partial charge < -0.3 is 34.6 Å². The van der Waals surface area contributed by atoms with Crippen LogP contribution in [0.5, 0.6) is 11.5 Å². The van der Waals surface area contributed by atoms with Crippen LogP contribution in [-0.2, 0) is 5.41 Å². The molecule has 6 aromatic carbocycles.